The Morgan fingerprint density at radius 3 is 3.00 bits per heavy atom. The van der Waals surface area contributed by atoms with Gasteiger partial charge >= 0.3 is 0 Å². The van der Waals surface area contributed by atoms with Gasteiger partial charge in [0.05, 0.1) is 11.9 Å². The lowest BCUT2D eigenvalue weighted by Crippen LogP contribution is -2.40. The maximum Gasteiger partial charge on any atom is 0.214 e. The highest BCUT2D eigenvalue weighted by molar-refractivity contribution is 7.89. The molecule has 2 atom stereocenters. The minimum absolute atomic E-state index is 0.0502. The van der Waals surface area contributed by atoms with E-state index in [9.17, 15) is 8.42 Å². The van der Waals surface area contributed by atoms with Crippen LogP contribution in [0.1, 0.15) is 30.0 Å². The van der Waals surface area contributed by atoms with Crippen LogP contribution in [-0.2, 0) is 21.2 Å². The first kappa shape index (κ1) is 15.0. The summed E-state index contributed by atoms with van der Waals surface area (Å²) in [5.74, 6) is 0.0708. The lowest BCUT2D eigenvalue weighted by atomic mass is 9.95. The van der Waals surface area contributed by atoms with Gasteiger partial charge in [-0.1, -0.05) is 24.3 Å². The van der Waals surface area contributed by atoms with Crippen LogP contribution in [0.2, 0.25) is 0 Å². The van der Waals surface area contributed by atoms with Crippen LogP contribution in [-0.4, -0.2) is 40.0 Å². The average molecular weight is 310 g/mol. The molecule has 0 bridgehead atoms. The Bertz CT molecular complexity index is 582. The molecule has 2 unspecified atom stereocenters. The molecule has 3 rings (SSSR count). The molecule has 0 saturated carbocycles. The third-order valence-electron chi connectivity index (χ3n) is 4.15. The van der Waals surface area contributed by atoms with Gasteiger partial charge in [0.25, 0.3) is 0 Å². The van der Waals surface area contributed by atoms with E-state index < -0.39 is 10.0 Å². The van der Waals surface area contributed by atoms with Crippen molar-refractivity contribution in [1.29, 1.82) is 0 Å². The van der Waals surface area contributed by atoms with Crippen LogP contribution in [0.3, 0.4) is 0 Å². The molecule has 0 aromatic heterocycles. The SMILES string of the molecule is O=S(=O)(CC1CCCO1)NCC1NCCc2ccccc21. The molecule has 0 radical (unpaired) electrons. The normalized spacial score (nSPS) is 25.7. The van der Waals surface area contributed by atoms with Crippen molar-refractivity contribution in [1.82, 2.24) is 10.0 Å². The molecule has 1 aromatic rings. The van der Waals surface area contributed by atoms with Crippen LogP contribution < -0.4 is 10.0 Å². The average Bonchev–Trinajstić information content (AvgIpc) is 2.97. The number of nitrogens with one attached hydrogen (secondary N) is 2. The Labute approximate surface area is 126 Å². The monoisotopic (exact) mass is 310 g/mol. The van der Waals surface area contributed by atoms with Crippen LogP contribution >= 0.6 is 0 Å². The lowest BCUT2D eigenvalue weighted by molar-refractivity contribution is 0.127. The summed E-state index contributed by atoms with van der Waals surface area (Å²) < 4.78 is 32.4. The topological polar surface area (TPSA) is 67.4 Å². The van der Waals surface area contributed by atoms with Crippen molar-refractivity contribution >= 4 is 10.0 Å². The molecule has 116 valence electrons. The maximum absolute atomic E-state index is 12.1. The van der Waals surface area contributed by atoms with Crippen LogP contribution in [0.4, 0.5) is 0 Å². The van der Waals surface area contributed by atoms with Gasteiger partial charge in [-0.3, -0.25) is 0 Å². The zero-order valence-electron chi connectivity index (χ0n) is 12.0. The summed E-state index contributed by atoms with van der Waals surface area (Å²) in [4.78, 5) is 0. The van der Waals surface area contributed by atoms with E-state index in [2.05, 4.69) is 22.2 Å². The second-order valence-electron chi connectivity index (χ2n) is 5.72. The third kappa shape index (κ3) is 3.83. The predicted molar refractivity (Wildman–Crippen MR) is 81.7 cm³/mol. The number of ether oxygens (including phenoxy) is 1. The standard InChI is InChI=1S/C15H22N2O3S/c18-21(19,11-13-5-3-9-20-13)17-10-15-14-6-2-1-4-12(14)7-8-16-15/h1-2,4,6,13,15-17H,3,5,7-11H2. The molecule has 0 amide bonds. The number of rotatable bonds is 5. The van der Waals surface area contributed by atoms with Crippen LogP contribution in [0.5, 0.6) is 0 Å². The zero-order chi connectivity index (χ0) is 14.7. The van der Waals surface area contributed by atoms with E-state index in [1.807, 2.05) is 12.1 Å². The molecule has 1 fully saturated rings. The van der Waals surface area contributed by atoms with E-state index in [-0.39, 0.29) is 17.9 Å². The minimum Gasteiger partial charge on any atom is -0.377 e. The minimum atomic E-state index is -3.28. The van der Waals surface area contributed by atoms with Gasteiger partial charge in [-0.15, -0.1) is 0 Å². The Morgan fingerprint density at radius 2 is 2.19 bits per heavy atom. The molecule has 0 spiro atoms. The van der Waals surface area contributed by atoms with E-state index in [4.69, 9.17) is 4.74 Å². The van der Waals surface area contributed by atoms with Gasteiger partial charge in [-0.2, -0.15) is 0 Å². The van der Waals surface area contributed by atoms with Crippen LogP contribution in [0.25, 0.3) is 0 Å². The molecular weight excluding hydrogens is 288 g/mol. The fourth-order valence-electron chi connectivity index (χ4n) is 3.06. The van der Waals surface area contributed by atoms with Crippen molar-refractivity contribution < 1.29 is 13.2 Å². The zero-order valence-corrected chi connectivity index (χ0v) is 12.9. The van der Waals surface area contributed by atoms with E-state index in [0.717, 1.165) is 25.8 Å². The first-order valence-corrected chi connectivity index (χ1v) is 9.19. The fourth-order valence-corrected chi connectivity index (χ4v) is 4.36. The molecule has 1 aromatic carbocycles. The number of benzene rings is 1. The third-order valence-corrected chi connectivity index (χ3v) is 5.57. The second-order valence-corrected chi connectivity index (χ2v) is 7.57. The molecule has 2 heterocycles. The molecule has 0 aliphatic carbocycles. The Morgan fingerprint density at radius 1 is 1.33 bits per heavy atom. The molecule has 2 N–H and O–H groups in total. The summed E-state index contributed by atoms with van der Waals surface area (Å²) in [7, 11) is -3.28. The Hall–Kier alpha value is -0.950. The quantitative estimate of drug-likeness (QED) is 0.850. The van der Waals surface area contributed by atoms with Gasteiger partial charge in [0.15, 0.2) is 0 Å². The van der Waals surface area contributed by atoms with Crippen molar-refractivity contribution in [2.45, 2.75) is 31.4 Å². The van der Waals surface area contributed by atoms with Gasteiger partial charge in [-0.25, -0.2) is 13.1 Å². The smallest absolute Gasteiger partial charge is 0.214 e. The largest absolute Gasteiger partial charge is 0.377 e. The summed E-state index contributed by atoms with van der Waals surface area (Å²) >= 11 is 0. The van der Waals surface area contributed by atoms with Crippen molar-refractivity contribution in [3.05, 3.63) is 35.4 Å². The van der Waals surface area contributed by atoms with E-state index >= 15 is 0 Å². The molecule has 2 aliphatic heterocycles. The van der Waals surface area contributed by atoms with Crippen molar-refractivity contribution in [2.75, 3.05) is 25.4 Å². The summed E-state index contributed by atoms with van der Waals surface area (Å²) in [6.07, 6.45) is 2.65. The number of fused-ring (bicyclic) bond motifs is 1. The van der Waals surface area contributed by atoms with Crippen molar-refractivity contribution in [3.8, 4) is 0 Å². The van der Waals surface area contributed by atoms with Crippen LogP contribution in [0.15, 0.2) is 24.3 Å². The van der Waals surface area contributed by atoms with Crippen molar-refractivity contribution in [3.63, 3.8) is 0 Å². The second kappa shape index (κ2) is 6.44. The molecule has 6 heteroatoms. The van der Waals surface area contributed by atoms with E-state index in [1.54, 1.807) is 0 Å². The number of hydrogen-bond acceptors (Lipinski definition) is 4. The summed E-state index contributed by atoms with van der Waals surface area (Å²) in [6, 6.07) is 8.27. The lowest BCUT2D eigenvalue weighted by Gasteiger charge is -2.27. The fraction of sp³-hybridized carbons (Fsp3) is 0.600. The number of hydrogen-bond donors (Lipinski definition) is 2. The highest BCUT2D eigenvalue weighted by Gasteiger charge is 2.25. The molecule has 5 nitrogen and oxygen atoms in total. The molecule has 21 heavy (non-hydrogen) atoms. The van der Waals surface area contributed by atoms with Gasteiger partial charge < -0.3 is 10.1 Å². The predicted octanol–water partition coefficient (Wildman–Crippen LogP) is 0.972. The molecular formula is C15H22N2O3S. The highest BCUT2D eigenvalue weighted by Crippen LogP contribution is 2.22. The van der Waals surface area contributed by atoms with Crippen molar-refractivity contribution in [2.24, 2.45) is 0 Å². The highest BCUT2D eigenvalue weighted by atomic mass is 32.2. The molecule has 1 saturated heterocycles. The van der Waals surface area contributed by atoms with E-state index in [1.165, 1.54) is 11.1 Å². The number of sulfonamides is 1. The Kier molecular flexibility index (Phi) is 4.59. The summed E-state index contributed by atoms with van der Waals surface area (Å²) in [6.45, 7) is 1.96. The van der Waals surface area contributed by atoms with Gasteiger partial charge in [0.2, 0.25) is 10.0 Å². The maximum atomic E-state index is 12.1. The summed E-state index contributed by atoms with van der Waals surface area (Å²) in [5, 5.41) is 3.38. The van der Waals surface area contributed by atoms with E-state index in [0.29, 0.717) is 13.2 Å². The van der Waals surface area contributed by atoms with Gasteiger partial charge in [0, 0.05) is 19.2 Å². The van der Waals surface area contributed by atoms with Crippen LogP contribution in [0, 0.1) is 0 Å². The first-order chi connectivity index (χ1) is 10.1. The van der Waals surface area contributed by atoms with Gasteiger partial charge in [-0.05, 0) is 36.9 Å². The van der Waals surface area contributed by atoms with Gasteiger partial charge in [0.1, 0.15) is 0 Å². The first-order valence-electron chi connectivity index (χ1n) is 7.54. The summed E-state index contributed by atoms with van der Waals surface area (Å²) in [5.41, 5.74) is 2.50. The Balaban J connectivity index is 1.60. The molecule has 2 aliphatic rings.